The molecule has 18 heavy (non-hydrogen) atoms. The lowest BCUT2D eigenvalue weighted by Gasteiger charge is -2.10. The number of thiazole rings is 1. The predicted octanol–water partition coefficient (Wildman–Crippen LogP) is 2.89. The Kier molecular flexibility index (Phi) is 2.82. The van der Waals surface area contributed by atoms with Gasteiger partial charge in [-0.25, -0.2) is 0 Å². The first kappa shape index (κ1) is 11.0. The number of hydrogen-bond acceptors (Lipinski definition) is 5. The molecule has 0 bridgehead atoms. The number of anilines is 2. The number of nitrogen functional groups attached to an aromatic ring is 1. The first-order chi connectivity index (χ1) is 8.84. The molecule has 1 aromatic carbocycles. The zero-order chi connectivity index (χ0) is 12.4. The molecule has 0 spiro atoms. The van der Waals surface area contributed by atoms with Crippen LogP contribution < -0.4 is 11.1 Å². The van der Waals surface area contributed by atoms with E-state index in [1.807, 2.05) is 36.1 Å². The highest BCUT2D eigenvalue weighted by Crippen LogP contribution is 2.28. The van der Waals surface area contributed by atoms with Crippen LogP contribution in [-0.4, -0.2) is 9.97 Å². The highest BCUT2D eigenvalue weighted by molar-refractivity contribution is 7.09. The van der Waals surface area contributed by atoms with E-state index in [0.29, 0.717) is 0 Å². The van der Waals surface area contributed by atoms with Crippen molar-refractivity contribution in [3.63, 3.8) is 0 Å². The number of rotatable bonds is 3. The molecule has 3 aromatic rings. The van der Waals surface area contributed by atoms with Crippen molar-refractivity contribution < 1.29 is 0 Å². The van der Waals surface area contributed by atoms with Gasteiger partial charge in [0.05, 0.1) is 23.4 Å². The third-order valence-corrected chi connectivity index (χ3v) is 3.58. The molecular weight excluding hydrogens is 244 g/mol. The van der Waals surface area contributed by atoms with Crippen LogP contribution in [0.5, 0.6) is 0 Å². The van der Waals surface area contributed by atoms with Gasteiger partial charge in [-0.3, -0.25) is 9.97 Å². The summed E-state index contributed by atoms with van der Waals surface area (Å²) in [5.41, 5.74) is 9.69. The second kappa shape index (κ2) is 4.62. The molecule has 0 saturated carbocycles. The summed E-state index contributed by atoms with van der Waals surface area (Å²) in [6, 6.07) is 5.94. The first-order valence-corrected chi connectivity index (χ1v) is 6.46. The quantitative estimate of drug-likeness (QED) is 0.707. The van der Waals surface area contributed by atoms with E-state index >= 15 is 0 Å². The van der Waals surface area contributed by atoms with Crippen molar-refractivity contribution in [2.24, 2.45) is 0 Å². The van der Waals surface area contributed by atoms with E-state index in [1.165, 1.54) is 4.88 Å². The van der Waals surface area contributed by atoms with Crippen LogP contribution in [0.3, 0.4) is 0 Å². The Morgan fingerprint density at radius 3 is 2.94 bits per heavy atom. The van der Waals surface area contributed by atoms with Gasteiger partial charge < -0.3 is 11.1 Å². The maximum atomic E-state index is 6.16. The second-order valence-electron chi connectivity index (χ2n) is 3.94. The Bertz CT molecular complexity index is 664. The molecular formula is C13H12N4S. The fraction of sp³-hybridized carbons (Fsp3) is 0.0769. The van der Waals surface area contributed by atoms with E-state index < -0.39 is 0 Å². The lowest BCUT2D eigenvalue weighted by molar-refractivity contribution is 1.18. The first-order valence-electron chi connectivity index (χ1n) is 5.58. The minimum Gasteiger partial charge on any atom is -0.397 e. The van der Waals surface area contributed by atoms with Crippen LogP contribution in [0.2, 0.25) is 0 Å². The Morgan fingerprint density at radius 2 is 2.11 bits per heavy atom. The van der Waals surface area contributed by atoms with Crippen LogP contribution >= 0.6 is 11.3 Å². The molecule has 0 aliphatic heterocycles. The number of nitrogens with zero attached hydrogens (tertiary/aromatic N) is 2. The SMILES string of the molecule is Nc1c(NCc2cncs2)ccc2cnccc12. The predicted molar refractivity (Wildman–Crippen MR) is 75.6 cm³/mol. The summed E-state index contributed by atoms with van der Waals surface area (Å²) in [7, 11) is 0. The molecule has 0 amide bonds. The average Bonchev–Trinajstić information content (AvgIpc) is 2.91. The molecule has 0 unspecified atom stereocenters. The van der Waals surface area contributed by atoms with Gasteiger partial charge in [-0.1, -0.05) is 6.07 Å². The van der Waals surface area contributed by atoms with Gasteiger partial charge in [-0.15, -0.1) is 11.3 Å². The molecule has 0 aliphatic rings. The van der Waals surface area contributed by atoms with Crippen molar-refractivity contribution in [1.82, 2.24) is 9.97 Å². The van der Waals surface area contributed by atoms with Crippen LogP contribution in [0, 0.1) is 0 Å². The van der Waals surface area contributed by atoms with Crippen LogP contribution in [0.4, 0.5) is 11.4 Å². The Morgan fingerprint density at radius 1 is 1.17 bits per heavy atom. The van der Waals surface area contributed by atoms with E-state index in [1.54, 1.807) is 17.5 Å². The molecule has 0 fully saturated rings. The van der Waals surface area contributed by atoms with Gasteiger partial charge in [0.15, 0.2) is 0 Å². The summed E-state index contributed by atoms with van der Waals surface area (Å²) in [4.78, 5) is 9.32. The standard InChI is InChI=1S/C13H12N4S/c14-13-11-3-4-15-5-9(11)1-2-12(13)17-7-10-6-16-8-18-10/h1-6,8,17H,7,14H2. The Hall–Kier alpha value is -2.14. The third-order valence-electron chi connectivity index (χ3n) is 2.80. The van der Waals surface area contributed by atoms with Crippen LogP contribution in [0.15, 0.2) is 42.3 Å². The minimum atomic E-state index is 0.742. The molecule has 3 N–H and O–H groups in total. The van der Waals surface area contributed by atoms with E-state index in [2.05, 4.69) is 15.3 Å². The van der Waals surface area contributed by atoms with E-state index in [-0.39, 0.29) is 0 Å². The van der Waals surface area contributed by atoms with Crippen LogP contribution in [0.1, 0.15) is 4.88 Å². The van der Waals surface area contributed by atoms with E-state index in [9.17, 15) is 0 Å². The largest absolute Gasteiger partial charge is 0.397 e. The molecule has 5 heteroatoms. The number of nitrogens with one attached hydrogen (secondary N) is 1. The fourth-order valence-corrected chi connectivity index (χ4v) is 2.39. The van der Waals surface area contributed by atoms with Crippen molar-refractivity contribution in [2.75, 3.05) is 11.1 Å². The summed E-state index contributed by atoms with van der Waals surface area (Å²) in [5, 5.41) is 5.41. The Balaban J connectivity index is 1.90. The number of pyridine rings is 1. The van der Waals surface area contributed by atoms with Gasteiger partial charge in [-0.05, 0) is 12.1 Å². The smallest absolute Gasteiger partial charge is 0.0794 e. The zero-order valence-corrected chi connectivity index (χ0v) is 10.4. The normalized spacial score (nSPS) is 10.7. The lowest BCUT2D eigenvalue weighted by atomic mass is 10.1. The van der Waals surface area contributed by atoms with Crippen molar-refractivity contribution >= 4 is 33.5 Å². The number of hydrogen-bond donors (Lipinski definition) is 2. The average molecular weight is 256 g/mol. The van der Waals surface area contributed by atoms with Gasteiger partial charge in [0.1, 0.15) is 0 Å². The van der Waals surface area contributed by atoms with Gasteiger partial charge in [0, 0.05) is 34.2 Å². The van der Waals surface area contributed by atoms with Crippen LogP contribution in [-0.2, 0) is 6.54 Å². The summed E-state index contributed by atoms with van der Waals surface area (Å²) in [5.74, 6) is 0. The van der Waals surface area contributed by atoms with Crippen molar-refractivity contribution in [1.29, 1.82) is 0 Å². The van der Waals surface area contributed by atoms with E-state index in [4.69, 9.17) is 5.73 Å². The Labute approximate surface area is 109 Å². The number of aromatic nitrogens is 2. The van der Waals surface area contributed by atoms with Gasteiger partial charge >= 0.3 is 0 Å². The number of fused-ring (bicyclic) bond motifs is 1. The molecule has 3 rings (SSSR count). The molecule has 2 heterocycles. The highest BCUT2D eigenvalue weighted by atomic mass is 32.1. The summed E-state index contributed by atoms with van der Waals surface area (Å²) in [6.07, 6.45) is 5.43. The summed E-state index contributed by atoms with van der Waals surface area (Å²) in [6.45, 7) is 0.742. The number of nitrogens with two attached hydrogens (primary N) is 1. The monoisotopic (exact) mass is 256 g/mol. The van der Waals surface area contributed by atoms with Crippen molar-refractivity contribution in [2.45, 2.75) is 6.54 Å². The zero-order valence-electron chi connectivity index (χ0n) is 9.63. The molecule has 0 radical (unpaired) electrons. The van der Waals surface area contributed by atoms with Crippen molar-refractivity contribution in [3.05, 3.63) is 47.2 Å². The van der Waals surface area contributed by atoms with Crippen LogP contribution in [0.25, 0.3) is 10.8 Å². The fourth-order valence-electron chi connectivity index (χ4n) is 1.86. The molecule has 0 saturated heterocycles. The maximum Gasteiger partial charge on any atom is 0.0794 e. The molecule has 0 atom stereocenters. The molecule has 2 aromatic heterocycles. The molecule has 4 nitrogen and oxygen atoms in total. The van der Waals surface area contributed by atoms with Crippen molar-refractivity contribution in [3.8, 4) is 0 Å². The minimum absolute atomic E-state index is 0.742. The van der Waals surface area contributed by atoms with Gasteiger partial charge in [-0.2, -0.15) is 0 Å². The maximum absolute atomic E-state index is 6.16. The third kappa shape index (κ3) is 2.00. The molecule has 90 valence electrons. The summed E-state index contributed by atoms with van der Waals surface area (Å²) >= 11 is 1.63. The topological polar surface area (TPSA) is 63.8 Å². The van der Waals surface area contributed by atoms with Gasteiger partial charge in [0.25, 0.3) is 0 Å². The number of benzene rings is 1. The second-order valence-corrected chi connectivity index (χ2v) is 4.92. The van der Waals surface area contributed by atoms with E-state index in [0.717, 1.165) is 28.7 Å². The molecule has 0 aliphatic carbocycles. The lowest BCUT2D eigenvalue weighted by Crippen LogP contribution is -2.01. The summed E-state index contributed by atoms with van der Waals surface area (Å²) < 4.78 is 0. The highest BCUT2D eigenvalue weighted by Gasteiger charge is 2.04. The van der Waals surface area contributed by atoms with Gasteiger partial charge in [0.2, 0.25) is 0 Å².